The van der Waals surface area contributed by atoms with Crippen LogP contribution < -0.4 is 15.0 Å². The molecule has 1 atom stereocenters. The number of carbonyl (C=O) groups excluding carboxylic acids is 3. The fraction of sp³-hybridized carbons (Fsp3) is 0.217. The fourth-order valence-electron chi connectivity index (χ4n) is 3.51. The number of carbonyl (C=O) groups is 3. The Labute approximate surface area is 183 Å². The summed E-state index contributed by atoms with van der Waals surface area (Å²) in [4.78, 5) is 44.0. The molecule has 31 heavy (non-hydrogen) atoms. The zero-order valence-electron chi connectivity index (χ0n) is 17.1. The van der Waals surface area contributed by atoms with E-state index in [1.807, 2.05) is 30.3 Å². The summed E-state index contributed by atoms with van der Waals surface area (Å²) in [5, 5.41) is 3.15. The van der Waals surface area contributed by atoms with Gasteiger partial charge < -0.3 is 15.0 Å². The number of rotatable bonds is 6. The summed E-state index contributed by atoms with van der Waals surface area (Å²) in [6.07, 6.45) is 0.119. The molecule has 2 aromatic carbocycles. The van der Waals surface area contributed by atoms with Gasteiger partial charge in [0.2, 0.25) is 11.8 Å². The van der Waals surface area contributed by atoms with Crippen LogP contribution in [0, 0.1) is 5.92 Å². The predicted octanol–water partition coefficient (Wildman–Crippen LogP) is 4.01. The lowest BCUT2D eigenvalue weighted by atomic mass is 10.1. The highest BCUT2D eigenvalue weighted by molar-refractivity contribution is 7.18. The van der Waals surface area contributed by atoms with Gasteiger partial charge in [-0.05, 0) is 24.3 Å². The second-order valence-electron chi connectivity index (χ2n) is 7.21. The lowest BCUT2D eigenvalue weighted by Gasteiger charge is -2.16. The molecule has 0 aliphatic carbocycles. The molecule has 0 unspecified atom stereocenters. The number of hydrogen-bond acceptors (Lipinski definition) is 6. The van der Waals surface area contributed by atoms with Gasteiger partial charge in [0.05, 0.1) is 23.6 Å². The van der Waals surface area contributed by atoms with Crippen LogP contribution in [-0.2, 0) is 9.59 Å². The molecule has 4 rings (SSSR count). The van der Waals surface area contributed by atoms with E-state index in [-0.39, 0.29) is 30.6 Å². The Bertz CT molecular complexity index is 1130. The first-order valence-corrected chi connectivity index (χ1v) is 10.6. The van der Waals surface area contributed by atoms with E-state index in [0.29, 0.717) is 21.5 Å². The summed E-state index contributed by atoms with van der Waals surface area (Å²) in [7, 11) is 1.58. The van der Waals surface area contributed by atoms with E-state index in [1.54, 1.807) is 36.3 Å². The second kappa shape index (κ2) is 8.69. The average Bonchev–Trinajstić information content (AvgIpc) is 3.38. The normalized spacial score (nSPS) is 15.7. The number of nitrogens with one attached hydrogen (secondary N) is 1. The van der Waals surface area contributed by atoms with Crippen LogP contribution in [0.4, 0.5) is 10.8 Å². The monoisotopic (exact) mass is 435 g/mol. The first-order chi connectivity index (χ1) is 15.0. The number of methoxy groups -OCH3 is 1. The Morgan fingerprint density at radius 3 is 2.48 bits per heavy atom. The van der Waals surface area contributed by atoms with Gasteiger partial charge in [-0.15, -0.1) is 0 Å². The Kier molecular flexibility index (Phi) is 5.81. The van der Waals surface area contributed by atoms with Crippen LogP contribution in [-0.4, -0.2) is 36.2 Å². The smallest absolute Gasteiger partial charge is 0.231 e. The molecular weight excluding hydrogens is 414 g/mol. The third-order valence-electron chi connectivity index (χ3n) is 5.10. The van der Waals surface area contributed by atoms with Crippen molar-refractivity contribution in [2.24, 2.45) is 5.92 Å². The van der Waals surface area contributed by atoms with Gasteiger partial charge in [-0.2, -0.15) is 0 Å². The number of aromatic nitrogens is 1. The zero-order valence-corrected chi connectivity index (χ0v) is 17.9. The summed E-state index contributed by atoms with van der Waals surface area (Å²) in [6.45, 7) is 1.77. The topological polar surface area (TPSA) is 88.6 Å². The predicted molar refractivity (Wildman–Crippen MR) is 120 cm³/mol. The lowest BCUT2D eigenvalue weighted by Crippen LogP contribution is -2.28. The quantitative estimate of drug-likeness (QED) is 0.591. The molecule has 158 valence electrons. The number of benzene rings is 2. The number of hydrogen-bond donors (Lipinski definition) is 1. The Balaban J connectivity index is 1.49. The van der Waals surface area contributed by atoms with Gasteiger partial charge in [0.25, 0.3) is 0 Å². The zero-order chi connectivity index (χ0) is 22.0. The average molecular weight is 436 g/mol. The standard InChI is InChI=1S/C23H21N3O4S/c1-14(27)21-20(15-6-4-3-5-7-15)24-23(31-21)25-22(29)16-12-19(28)26(13-16)17-8-10-18(30-2)11-9-17/h3-11,16H,12-13H2,1-2H3,(H,24,25,29)/t16-/m1/s1. The van der Waals surface area contributed by atoms with Crippen molar-refractivity contribution in [3.05, 3.63) is 59.5 Å². The van der Waals surface area contributed by atoms with Crippen molar-refractivity contribution in [1.29, 1.82) is 0 Å². The number of ether oxygens (including phenoxy) is 1. The summed E-state index contributed by atoms with van der Waals surface area (Å²) >= 11 is 1.15. The van der Waals surface area contributed by atoms with Crippen molar-refractivity contribution in [1.82, 2.24) is 4.98 Å². The highest BCUT2D eigenvalue weighted by Crippen LogP contribution is 2.33. The largest absolute Gasteiger partial charge is 0.497 e. The van der Waals surface area contributed by atoms with Gasteiger partial charge in [-0.1, -0.05) is 41.7 Å². The Morgan fingerprint density at radius 1 is 1.13 bits per heavy atom. The van der Waals surface area contributed by atoms with Crippen molar-refractivity contribution < 1.29 is 19.1 Å². The van der Waals surface area contributed by atoms with Gasteiger partial charge in [0, 0.05) is 31.1 Å². The maximum Gasteiger partial charge on any atom is 0.231 e. The van der Waals surface area contributed by atoms with E-state index in [1.165, 1.54) is 6.92 Å². The van der Waals surface area contributed by atoms with Crippen LogP contribution in [0.2, 0.25) is 0 Å². The molecule has 3 aromatic rings. The van der Waals surface area contributed by atoms with Crippen molar-refractivity contribution in [3.8, 4) is 17.0 Å². The number of ketones is 1. The first-order valence-electron chi connectivity index (χ1n) is 9.78. The number of Topliss-reactive ketones (excluding diaryl/α,β-unsaturated/α-hetero) is 1. The molecule has 8 heteroatoms. The van der Waals surface area contributed by atoms with Crippen LogP contribution >= 0.6 is 11.3 Å². The van der Waals surface area contributed by atoms with Crippen LogP contribution in [0.15, 0.2) is 54.6 Å². The van der Waals surface area contributed by atoms with Crippen molar-refractivity contribution >= 4 is 39.8 Å². The molecule has 1 fully saturated rings. The third-order valence-corrected chi connectivity index (χ3v) is 6.18. The van der Waals surface area contributed by atoms with Gasteiger partial charge in [-0.3, -0.25) is 14.4 Å². The Hall–Kier alpha value is -3.52. The molecule has 1 aliphatic rings. The minimum absolute atomic E-state index is 0.112. The number of anilines is 2. The highest BCUT2D eigenvalue weighted by atomic mass is 32.1. The third kappa shape index (κ3) is 4.34. The van der Waals surface area contributed by atoms with Crippen molar-refractivity contribution in [2.75, 3.05) is 23.9 Å². The minimum Gasteiger partial charge on any atom is -0.497 e. The SMILES string of the molecule is COc1ccc(N2C[C@H](C(=O)Nc3nc(-c4ccccc4)c(C(C)=O)s3)CC2=O)cc1. The number of amides is 2. The minimum atomic E-state index is -0.501. The van der Waals surface area contributed by atoms with Gasteiger partial charge in [-0.25, -0.2) is 4.98 Å². The summed E-state index contributed by atoms with van der Waals surface area (Å²) in [5.74, 6) is -0.311. The van der Waals surface area contributed by atoms with Gasteiger partial charge >= 0.3 is 0 Å². The number of nitrogens with zero attached hydrogens (tertiary/aromatic N) is 2. The molecule has 0 spiro atoms. The van der Waals surface area contributed by atoms with E-state index >= 15 is 0 Å². The molecule has 0 saturated carbocycles. The van der Waals surface area contributed by atoms with Crippen LogP contribution in [0.3, 0.4) is 0 Å². The molecule has 2 heterocycles. The molecule has 1 aliphatic heterocycles. The number of thiazole rings is 1. The molecule has 2 amide bonds. The molecule has 7 nitrogen and oxygen atoms in total. The summed E-state index contributed by atoms with van der Waals surface area (Å²) in [6, 6.07) is 16.5. The van der Waals surface area contributed by atoms with E-state index in [9.17, 15) is 14.4 Å². The molecule has 1 aromatic heterocycles. The van der Waals surface area contributed by atoms with Crippen LogP contribution in [0.25, 0.3) is 11.3 Å². The fourth-order valence-corrected chi connectivity index (χ4v) is 4.39. The Morgan fingerprint density at radius 2 is 1.84 bits per heavy atom. The van der Waals surface area contributed by atoms with Crippen molar-refractivity contribution in [3.63, 3.8) is 0 Å². The van der Waals surface area contributed by atoms with E-state index in [4.69, 9.17) is 4.74 Å². The van der Waals surface area contributed by atoms with E-state index in [0.717, 1.165) is 22.6 Å². The molecule has 1 N–H and O–H groups in total. The lowest BCUT2D eigenvalue weighted by molar-refractivity contribution is -0.122. The first kappa shape index (κ1) is 20.7. The van der Waals surface area contributed by atoms with Crippen LogP contribution in [0.5, 0.6) is 5.75 Å². The van der Waals surface area contributed by atoms with Crippen LogP contribution in [0.1, 0.15) is 23.0 Å². The summed E-state index contributed by atoms with van der Waals surface area (Å²) in [5.41, 5.74) is 2.09. The maximum absolute atomic E-state index is 12.8. The van der Waals surface area contributed by atoms with Gasteiger partial charge in [0.15, 0.2) is 10.9 Å². The molecule has 0 radical (unpaired) electrons. The van der Waals surface area contributed by atoms with Gasteiger partial charge in [0.1, 0.15) is 5.75 Å². The maximum atomic E-state index is 12.8. The molecular formula is C23H21N3O4S. The molecule has 0 bridgehead atoms. The molecule has 1 saturated heterocycles. The summed E-state index contributed by atoms with van der Waals surface area (Å²) < 4.78 is 5.15. The highest BCUT2D eigenvalue weighted by Gasteiger charge is 2.35. The van der Waals surface area contributed by atoms with E-state index in [2.05, 4.69) is 10.3 Å². The second-order valence-corrected chi connectivity index (χ2v) is 8.21. The van der Waals surface area contributed by atoms with E-state index < -0.39 is 5.92 Å². The van der Waals surface area contributed by atoms with Crippen molar-refractivity contribution in [2.45, 2.75) is 13.3 Å².